The molecule has 2 nitrogen and oxygen atoms in total. The predicted octanol–water partition coefficient (Wildman–Crippen LogP) is 2.88. The number of benzene rings is 1. The number of halogens is 2. The summed E-state index contributed by atoms with van der Waals surface area (Å²) in [5, 5.41) is 2.81. The van der Waals surface area contributed by atoms with Gasteiger partial charge in [0.15, 0.2) is 0 Å². The highest BCUT2D eigenvalue weighted by atomic mass is 19.1. The number of aliphatic imine (C=N–C) groups is 1. The molecular formula is C11H12F2N2. The van der Waals surface area contributed by atoms with Crippen LogP contribution < -0.4 is 5.32 Å². The molecule has 0 fully saturated rings. The van der Waals surface area contributed by atoms with Crippen LogP contribution in [0.25, 0.3) is 0 Å². The van der Waals surface area contributed by atoms with Gasteiger partial charge in [0.05, 0.1) is 5.69 Å². The van der Waals surface area contributed by atoms with Crippen molar-refractivity contribution in [1.82, 2.24) is 0 Å². The van der Waals surface area contributed by atoms with Gasteiger partial charge in [-0.05, 0) is 25.0 Å². The first-order chi connectivity index (χ1) is 7.16. The summed E-state index contributed by atoms with van der Waals surface area (Å²) < 4.78 is 26.6. The highest BCUT2D eigenvalue weighted by Crippen LogP contribution is 2.20. The summed E-state index contributed by atoms with van der Waals surface area (Å²) in [4.78, 5) is 4.14. The average Bonchev–Trinajstić information content (AvgIpc) is 2.67. The number of aryl methyl sites for hydroxylation is 1. The third-order valence-corrected chi connectivity index (χ3v) is 2.40. The van der Waals surface area contributed by atoms with Crippen molar-refractivity contribution in [2.24, 2.45) is 4.99 Å². The molecule has 0 bridgehead atoms. The summed E-state index contributed by atoms with van der Waals surface area (Å²) in [5.74, 6) is -0.113. The van der Waals surface area contributed by atoms with Crippen LogP contribution in [0.5, 0.6) is 0 Å². The number of nitrogens with one attached hydrogen (secondary N) is 1. The second-order valence-corrected chi connectivity index (χ2v) is 3.64. The number of rotatable bonds is 1. The van der Waals surface area contributed by atoms with E-state index < -0.39 is 11.6 Å². The van der Waals surface area contributed by atoms with Gasteiger partial charge in [-0.3, -0.25) is 4.99 Å². The van der Waals surface area contributed by atoms with Crippen LogP contribution in [0.1, 0.15) is 18.4 Å². The van der Waals surface area contributed by atoms with Gasteiger partial charge in [0.2, 0.25) is 0 Å². The first kappa shape index (κ1) is 10.1. The Morgan fingerprint density at radius 2 is 2.07 bits per heavy atom. The molecule has 80 valence electrons. The zero-order chi connectivity index (χ0) is 10.8. The van der Waals surface area contributed by atoms with E-state index >= 15 is 0 Å². The Morgan fingerprint density at radius 1 is 1.27 bits per heavy atom. The number of hydrogen-bond donors (Lipinski definition) is 1. The van der Waals surface area contributed by atoms with E-state index in [1.54, 1.807) is 0 Å². The first-order valence-corrected chi connectivity index (χ1v) is 4.93. The summed E-state index contributed by atoms with van der Waals surface area (Å²) in [6, 6.07) is 2.36. The number of nitrogens with zero attached hydrogens (tertiary/aromatic N) is 1. The van der Waals surface area contributed by atoms with Crippen LogP contribution >= 0.6 is 0 Å². The fourth-order valence-electron chi connectivity index (χ4n) is 1.54. The molecule has 1 aliphatic heterocycles. The standard InChI is InChI=1S/C11H12F2N2/c1-7-5-9(13)10(6-8(7)12)15-11-3-2-4-14-11/h5-6H,2-4H2,1H3,(H,14,15). The SMILES string of the molecule is Cc1cc(F)c(NC2=NCCC2)cc1F. The summed E-state index contributed by atoms with van der Waals surface area (Å²) in [6.07, 6.45) is 1.77. The van der Waals surface area contributed by atoms with E-state index in [9.17, 15) is 8.78 Å². The topological polar surface area (TPSA) is 24.4 Å². The van der Waals surface area contributed by atoms with Crippen LogP contribution in [-0.4, -0.2) is 12.4 Å². The minimum absolute atomic E-state index is 0.166. The fourth-order valence-corrected chi connectivity index (χ4v) is 1.54. The molecule has 0 aromatic heterocycles. The van der Waals surface area contributed by atoms with Crippen molar-refractivity contribution in [2.45, 2.75) is 19.8 Å². The summed E-state index contributed by atoms with van der Waals surface area (Å²) >= 11 is 0. The largest absolute Gasteiger partial charge is 0.342 e. The molecule has 0 saturated carbocycles. The van der Waals surface area contributed by atoms with Crippen LogP contribution in [-0.2, 0) is 0 Å². The Kier molecular flexibility index (Phi) is 2.66. The van der Waals surface area contributed by atoms with Crippen molar-refractivity contribution in [3.8, 4) is 0 Å². The van der Waals surface area contributed by atoms with Gasteiger partial charge in [0.25, 0.3) is 0 Å². The van der Waals surface area contributed by atoms with E-state index in [0.717, 1.165) is 25.2 Å². The van der Waals surface area contributed by atoms with Gasteiger partial charge in [0, 0.05) is 19.0 Å². The van der Waals surface area contributed by atoms with Crippen molar-refractivity contribution in [3.63, 3.8) is 0 Å². The quantitative estimate of drug-likeness (QED) is 0.757. The predicted molar refractivity (Wildman–Crippen MR) is 56.3 cm³/mol. The van der Waals surface area contributed by atoms with Gasteiger partial charge in [-0.2, -0.15) is 0 Å². The normalized spacial score (nSPS) is 15.3. The lowest BCUT2D eigenvalue weighted by Gasteiger charge is -2.08. The van der Waals surface area contributed by atoms with Crippen LogP contribution in [0.15, 0.2) is 17.1 Å². The molecule has 2 rings (SSSR count). The van der Waals surface area contributed by atoms with Gasteiger partial charge >= 0.3 is 0 Å². The summed E-state index contributed by atoms with van der Waals surface area (Å²) in [7, 11) is 0. The van der Waals surface area contributed by atoms with Crippen LogP contribution in [0.2, 0.25) is 0 Å². The molecule has 0 atom stereocenters. The van der Waals surface area contributed by atoms with Gasteiger partial charge in [-0.1, -0.05) is 0 Å². The number of anilines is 1. The van der Waals surface area contributed by atoms with Crippen molar-refractivity contribution in [3.05, 3.63) is 29.3 Å². The second kappa shape index (κ2) is 3.96. The molecular weight excluding hydrogens is 198 g/mol. The monoisotopic (exact) mass is 210 g/mol. The van der Waals surface area contributed by atoms with E-state index in [2.05, 4.69) is 10.3 Å². The highest BCUT2D eigenvalue weighted by molar-refractivity contribution is 5.96. The molecule has 1 N–H and O–H groups in total. The van der Waals surface area contributed by atoms with E-state index in [4.69, 9.17) is 0 Å². The zero-order valence-corrected chi connectivity index (χ0v) is 8.48. The van der Waals surface area contributed by atoms with Crippen molar-refractivity contribution < 1.29 is 8.78 Å². The van der Waals surface area contributed by atoms with Crippen LogP contribution in [0, 0.1) is 18.6 Å². The first-order valence-electron chi connectivity index (χ1n) is 4.93. The number of hydrogen-bond acceptors (Lipinski definition) is 2. The van der Waals surface area contributed by atoms with Gasteiger partial charge in [-0.25, -0.2) is 8.78 Å². The number of amidine groups is 1. The molecule has 4 heteroatoms. The van der Waals surface area contributed by atoms with E-state index in [1.165, 1.54) is 19.1 Å². The van der Waals surface area contributed by atoms with Gasteiger partial charge in [0.1, 0.15) is 17.5 Å². The Balaban J connectivity index is 2.24. The molecule has 0 radical (unpaired) electrons. The molecule has 1 heterocycles. The zero-order valence-electron chi connectivity index (χ0n) is 8.48. The van der Waals surface area contributed by atoms with Crippen molar-refractivity contribution in [2.75, 3.05) is 11.9 Å². The Labute approximate surface area is 87.0 Å². The lowest BCUT2D eigenvalue weighted by atomic mass is 10.2. The molecule has 0 saturated heterocycles. The Hall–Kier alpha value is -1.45. The van der Waals surface area contributed by atoms with E-state index in [-0.39, 0.29) is 5.69 Å². The molecule has 0 spiro atoms. The second-order valence-electron chi connectivity index (χ2n) is 3.64. The smallest absolute Gasteiger partial charge is 0.147 e. The molecule has 0 aliphatic carbocycles. The molecule has 1 aliphatic rings. The minimum atomic E-state index is -0.441. The maximum atomic E-state index is 13.4. The van der Waals surface area contributed by atoms with E-state index in [0.29, 0.717) is 5.56 Å². The summed E-state index contributed by atoms with van der Waals surface area (Å²) in [5.41, 5.74) is 0.477. The molecule has 15 heavy (non-hydrogen) atoms. The summed E-state index contributed by atoms with van der Waals surface area (Å²) in [6.45, 7) is 2.30. The lowest BCUT2D eigenvalue weighted by Crippen LogP contribution is -2.10. The molecule has 1 aromatic carbocycles. The lowest BCUT2D eigenvalue weighted by molar-refractivity contribution is 0.596. The minimum Gasteiger partial charge on any atom is -0.342 e. The molecule has 0 amide bonds. The third kappa shape index (κ3) is 2.14. The Bertz CT molecular complexity index is 413. The highest BCUT2D eigenvalue weighted by Gasteiger charge is 2.11. The van der Waals surface area contributed by atoms with Gasteiger partial charge < -0.3 is 5.32 Å². The van der Waals surface area contributed by atoms with E-state index in [1.807, 2.05) is 0 Å². The maximum absolute atomic E-state index is 13.4. The Morgan fingerprint density at radius 3 is 2.73 bits per heavy atom. The molecule has 1 aromatic rings. The van der Waals surface area contributed by atoms with Crippen LogP contribution in [0.3, 0.4) is 0 Å². The van der Waals surface area contributed by atoms with Crippen molar-refractivity contribution >= 4 is 11.5 Å². The fraction of sp³-hybridized carbons (Fsp3) is 0.364. The average molecular weight is 210 g/mol. The van der Waals surface area contributed by atoms with Crippen LogP contribution in [0.4, 0.5) is 14.5 Å². The van der Waals surface area contributed by atoms with Crippen molar-refractivity contribution in [1.29, 1.82) is 0 Å². The molecule has 0 unspecified atom stereocenters. The maximum Gasteiger partial charge on any atom is 0.147 e. The third-order valence-electron chi connectivity index (χ3n) is 2.40. The van der Waals surface area contributed by atoms with Gasteiger partial charge in [-0.15, -0.1) is 0 Å².